The molecule has 0 amide bonds. The Bertz CT molecular complexity index is 1070. The molecule has 0 atom stereocenters. The van der Waals surface area contributed by atoms with Crippen molar-refractivity contribution in [3.63, 3.8) is 0 Å². The fourth-order valence-corrected chi connectivity index (χ4v) is 7.79. The van der Waals surface area contributed by atoms with Crippen LogP contribution in [0.5, 0.6) is 0 Å². The Balaban J connectivity index is 2.41. The van der Waals surface area contributed by atoms with Crippen LogP contribution in [0.1, 0.15) is 16.7 Å². The smallest absolute Gasteiger partial charge is 0.172 e. The zero-order valence-corrected chi connectivity index (χ0v) is 22.4. The van der Waals surface area contributed by atoms with Gasteiger partial charge in [-0.25, -0.2) is 0 Å². The summed E-state index contributed by atoms with van der Waals surface area (Å²) in [4.78, 5) is 0. The highest BCUT2D eigenvalue weighted by atomic mass is 31.2. The van der Waals surface area contributed by atoms with Gasteiger partial charge in [0.2, 0.25) is 0 Å². The maximum Gasteiger partial charge on any atom is 0.172 e. The predicted molar refractivity (Wildman–Crippen MR) is 143 cm³/mol. The molecule has 0 aliphatic carbocycles. The fourth-order valence-electron chi connectivity index (χ4n) is 4.48. The summed E-state index contributed by atoms with van der Waals surface area (Å²) in [5.41, 5.74) is 2.06. The average molecular weight is 498 g/mol. The molecule has 0 spiro atoms. The van der Waals surface area contributed by atoms with Gasteiger partial charge in [-0.2, -0.15) is 0 Å². The second kappa shape index (κ2) is 9.96. The van der Waals surface area contributed by atoms with Crippen molar-refractivity contribution in [2.75, 3.05) is 42.3 Å². The number of hydroxylamine groups is 9. The summed E-state index contributed by atoms with van der Waals surface area (Å²) in [6.07, 6.45) is 0. The zero-order valence-electron chi connectivity index (χ0n) is 21.5. The Morgan fingerprint density at radius 3 is 0.971 bits per heavy atom. The maximum absolute atomic E-state index is 15.6. The Labute approximate surface area is 208 Å². The van der Waals surface area contributed by atoms with Crippen LogP contribution >= 0.6 is 7.14 Å². The zero-order chi connectivity index (χ0) is 26.1. The molecule has 0 heterocycles. The summed E-state index contributed by atoms with van der Waals surface area (Å²) < 4.78 is 13.9. The first-order valence-corrected chi connectivity index (χ1v) is 13.3. The molecule has 0 aliphatic heterocycles. The minimum absolute atomic E-state index is 0.136. The highest BCUT2D eigenvalue weighted by molar-refractivity contribution is 7.85. The molecule has 0 saturated heterocycles. The summed E-state index contributed by atoms with van der Waals surface area (Å²) in [5, 5.41) is 39.8. The normalized spacial score (nSPS) is 13.2. The Kier molecular flexibility index (Phi) is 7.75. The first-order valence-electron chi connectivity index (χ1n) is 11.6. The molecule has 0 fully saturated rings. The van der Waals surface area contributed by atoms with Crippen LogP contribution in [0.25, 0.3) is 0 Å². The van der Waals surface area contributed by atoms with Crippen LogP contribution in [0.15, 0.2) is 72.8 Å². The lowest BCUT2D eigenvalue weighted by Gasteiger charge is -2.37. The van der Waals surface area contributed by atoms with Crippen LogP contribution < -0.4 is 15.9 Å². The van der Waals surface area contributed by atoms with E-state index in [0.717, 1.165) is 0 Å². The summed E-state index contributed by atoms with van der Waals surface area (Å²) in [6.45, 7) is 0.407. The number of hydrogen-bond acceptors (Lipinski definition) is 4. The largest absolute Gasteiger partial charge is 0.633 e. The number of nitrogens with zero attached hydrogens (tertiary/aromatic N) is 3. The van der Waals surface area contributed by atoms with Gasteiger partial charge in [0.25, 0.3) is 0 Å². The topological polar surface area (TPSA) is 86.2 Å². The number of rotatable bonds is 9. The van der Waals surface area contributed by atoms with Gasteiger partial charge < -0.3 is 34.1 Å². The molecule has 0 aromatic heterocycles. The van der Waals surface area contributed by atoms with Gasteiger partial charge >= 0.3 is 0 Å². The molecule has 8 heteroatoms. The lowest BCUT2D eigenvalue weighted by atomic mass is 10.2. The Hall–Kier alpha value is -2.35. The minimum Gasteiger partial charge on any atom is -0.633 e. The second-order valence-electron chi connectivity index (χ2n) is 10.7. The summed E-state index contributed by atoms with van der Waals surface area (Å²) in [5.74, 6) is 0. The van der Waals surface area contributed by atoms with Crippen molar-refractivity contribution in [2.45, 2.75) is 19.6 Å². The van der Waals surface area contributed by atoms with Crippen LogP contribution in [0, 0.1) is 15.6 Å². The molecule has 3 aromatic rings. The van der Waals surface area contributed by atoms with E-state index in [1.165, 1.54) is 0 Å². The van der Waals surface area contributed by atoms with Crippen molar-refractivity contribution in [1.29, 1.82) is 0 Å². The van der Waals surface area contributed by atoms with Gasteiger partial charge in [0.15, 0.2) is 7.14 Å². The number of benzene rings is 3. The van der Waals surface area contributed by atoms with Crippen LogP contribution in [-0.2, 0) is 24.2 Å². The third kappa shape index (κ3) is 6.87. The third-order valence-corrected chi connectivity index (χ3v) is 8.99. The lowest BCUT2D eigenvalue weighted by Crippen LogP contribution is -2.39. The summed E-state index contributed by atoms with van der Waals surface area (Å²) >= 11 is 0. The number of hydrogen-bond donors (Lipinski definition) is 0. The molecule has 7 nitrogen and oxygen atoms in total. The monoisotopic (exact) mass is 497 g/mol. The highest BCUT2D eigenvalue weighted by Gasteiger charge is 2.37. The summed E-state index contributed by atoms with van der Waals surface area (Å²) in [6, 6.07) is 21.9. The standard InChI is InChI=1S/C27H36N3O4P/c1-28(2,31)19-22-13-7-10-16-25(22)35(34,26-17-11-8-14-23(26)20-29(3,4)32)27-18-12-9-15-24(27)21-30(5,6)33/h7-18H,19-21H2,1-6H3. The van der Waals surface area contributed by atoms with Crippen molar-refractivity contribution in [2.24, 2.45) is 0 Å². The average Bonchev–Trinajstić information content (AvgIpc) is 2.71. The first-order chi connectivity index (χ1) is 16.1. The minimum atomic E-state index is -3.59. The van der Waals surface area contributed by atoms with Crippen LogP contribution in [0.2, 0.25) is 0 Å². The van der Waals surface area contributed by atoms with Gasteiger partial charge in [-0.15, -0.1) is 0 Å². The SMILES string of the molecule is C[N+](C)([O-])Cc1ccccc1P(=O)(c1ccccc1C[N+](C)(C)[O-])c1ccccc1C[N+](C)(C)[O-]. The van der Waals surface area contributed by atoms with E-state index in [1.54, 1.807) is 42.3 Å². The van der Waals surface area contributed by atoms with Gasteiger partial charge in [0, 0.05) is 32.6 Å². The molecule has 3 rings (SSSR count). The van der Waals surface area contributed by atoms with E-state index in [0.29, 0.717) is 32.6 Å². The van der Waals surface area contributed by atoms with E-state index in [1.807, 2.05) is 72.8 Å². The van der Waals surface area contributed by atoms with E-state index in [2.05, 4.69) is 0 Å². The molecule has 0 radical (unpaired) electrons. The van der Waals surface area contributed by atoms with Crippen molar-refractivity contribution in [1.82, 2.24) is 0 Å². The second-order valence-corrected chi connectivity index (χ2v) is 13.4. The summed E-state index contributed by atoms with van der Waals surface area (Å²) in [7, 11) is 5.73. The van der Waals surface area contributed by atoms with E-state index in [9.17, 15) is 15.6 Å². The van der Waals surface area contributed by atoms with E-state index < -0.39 is 21.1 Å². The quantitative estimate of drug-likeness (QED) is 0.257. The molecule has 0 unspecified atom stereocenters. The van der Waals surface area contributed by atoms with Crippen LogP contribution in [-0.4, -0.2) is 56.2 Å². The van der Waals surface area contributed by atoms with Crippen molar-refractivity contribution in [3.05, 3.63) is 105 Å². The van der Waals surface area contributed by atoms with Crippen molar-refractivity contribution < 1.29 is 18.5 Å². The Morgan fingerprint density at radius 2 is 0.743 bits per heavy atom. The molecule has 0 aliphatic rings. The van der Waals surface area contributed by atoms with Gasteiger partial charge in [0.1, 0.15) is 19.6 Å². The van der Waals surface area contributed by atoms with E-state index in [-0.39, 0.29) is 19.6 Å². The molecule has 0 bridgehead atoms. The van der Waals surface area contributed by atoms with Gasteiger partial charge in [-0.05, 0) is 0 Å². The fraction of sp³-hybridized carbons (Fsp3) is 0.333. The van der Waals surface area contributed by atoms with E-state index >= 15 is 4.57 Å². The lowest BCUT2D eigenvalue weighted by molar-refractivity contribution is -0.853. The van der Waals surface area contributed by atoms with Gasteiger partial charge in [-0.3, -0.25) is 0 Å². The molecule has 35 heavy (non-hydrogen) atoms. The Morgan fingerprint density at radius 1 is 0.514 bits per heavy atom. The molecule has 3 aromatic carbocycles. The third-order valence-electron chi connectivity index (χ3n) is 5.65. The highest BCUT2D eigenvalue weighted by Crippen LogP contribution is 2.46. The predicted octanol–water partition coefficient (Wildman–Crippen LogP) is 3.55. The van der Waals surface area contributed by atoms with Crippen LogP contribution in [0.4, 0.5) is 0 Å². The van der Waals surface area contributed by atoms with Crippen molar-refractivity contribution >= 4 is 23.1 Å². The van der Waals surface area contributed by atoms with Gasteiger partial charge in [-0.1, -0.05) is 72.8 Å². The molecular formula is C27H36N3O4P. The molecule has 0 N–H and O–H groups in total. The van der Waals surface area contributed by atoms with Crippen LogP contribution in [0.3, 0.4) is 0 Å². The molecule has 188 valence electrons. The molecular weight excluding hydrogens is 461 g/mol. The van der Waals surface area contributed by atoms with Gasteiger partial charge in [0.05, 0.1) is 42.3 Å². The first kappa shape index (κ1) is 27.2. The number of quaternary nitrogens is 3. The molecule has 0 saturated carbocycles. The van der Waals surface area contributed by atoms with E-state index in [4.69, 9.17) is 0 Å². The maximum atomic E-state index is 15.6. The van der Waals surface area contributed by atoms with Crippen molar-refractivity contribution in [3.8, 4) is 0 Å².